The first-order valence-electron chi connectivity index (χ1n) is 7.79. The van der Waals surface area contributed by atoms with E-state index in [0.29, 0.717) is 0 Å². The predicted octanol–water partition coefficient (Wildman–Crippen LogP) is 5.84. The molecule has 0 amide bonds. The maximum atomic E-state index is 2.32. The molecule has 0 unspecified atom stereocenters. The van der Waals surface area contributed by atoms with E-state index in [9.17, 15) is 0 Å². The third-order valence-electron chi connectivity index (χ3n) is 4.94. The van der Waals surface area contributed by atoms with E-state index in [1.807, 2.05) is 0 Å². The number of nitrogens with zero attached hydrogens (tertiary/aromatic N) is 1. The standard InChI is InChI=1S/C21H23N/c1-14-13-21(17(4)16(3)15(14)2)22(5)20-12-8-10-18-9-6-7-11-19(18)20/h6-13H,1-5H3. The molecule has 0 aliphatic heterocycles. The molecule has 0 radical (unpaired) electrons. The third-order valence-corrected chi connectivity index (χ3v) is 4.94. The van der Waals surface area contributed by atoms with E-state index in [4.69, 9.17) is 0 Å². The summed E-state index contributed by atoms with van der Waals surface area (Å²) in [4.78, 5) is 2.32. The molecule has 0 heterocycles. The molecular formula is C21H23N. The SMILES string of the molecule is Cc1cc(N(C)c2cccc3ccccc23)c(C)c(C)c1C. The van der Waals surface area contributed by atoms with Crippen LogP contribution in [0.5, 0.6) is 0 Å². The lowest BCUT2D eigenvalue weighted by Gasteiger charge is -2.26. The van der Waals surface area contributed by atoms with Crippen molar-refractivity contribution in [3.05, 3.63) is 70.8 Å². The Morgan fingerprint density at radius 2 is 1.36 bits per heavy atom. The van der Waals surface area contributed by atoms with Crippen molar-refractivity contribution in [2.24, 2.45) is 0 Å². The first-order chi connectivity index (χ1) is 10.5. The minimum Gasteiger partial charge on any atom is -0.344 e. The van der Waals surface area contributed by atoms with Crippen LogP contribution in [-0.2, 0) is 0 Å². The molecule has 0 spiro atoms. The summed E-state index contributed by atoms with van der Waals surface area (Å²) in [5.41, 5.74) is 8.04. The van der Waals surface area contributed by atoms with Crippen LogP contribution in [0.15, 0.2) is 48.5 Å². The molecule has 0 aliphatic carbocycles. The lowest BCUT2D eigenvalue weighted by Crippen LogP contribution is -2.13. The van der Waals surface area contributed by atoms with Gasteiger partial charge >= 0.3 is 0 Å². The van der Waals surface area contributed by atoms with Crippen LogP contribution in [0.2, 0.25) is 0 Å². The molecule has 0 atom stereocenters. The van der Waals surface area contributed by atoms with Gasteiger partial charge in [-0.2, -0.15) is 0 Å². The average Bonchev–Trinajstić information content (AvgIpc) is 2.55. The third kappa shape index (κ3) is 2.27. The molecule has 22 heavy (non-hydrogen) atoms. The summed E-state index contributed by atoms with van der Waals surface area (Å²) in [5.74, 6) is 0. The smallest absolute Gasteiger partial charge is 0.0487 e. The number of benzene rings is 3. The molecule has 0 saturated carbocycles. The molecule has 0 aromatic heterocycles. The summed E-state index contributed by atoms with van der Waals surface area (Å²) in [6, 6.07) is 17.4. The first-order valence-corrected chi connectivity index (χ1v) is 7.79. The van der Waals surface area contributed by atoms with Gasteiger partial charge in [0.2, 0.25) is 0 Å². The Morgan fingerprint density at radius 3 is 2.14 bits per heavy atom. The fraction of sp³-hybridized carbons (Fsp3) is 0.238. The first kappa shape index (κ1) is 14.6. The van der Waals surface area contributed by atoms with Gasteiger partial charge in [0.25, 0.3) is 0 Å². The van der Waals surface area contributed by atoms with Crippen molar-refractivity contribution >= 4 is 22.1 Å². The highest BCUT2D eigenvalue weighted by Gasteiger charge is 2.13. The maximum Gasteiger partial charge on any atom is 0.0487 e. The Kier molecular flexibility index (Phi) is 3.66. The normalized spacial score (nSPS) is 11.0. The van der Waals surface area contributed by atoms with Gasteiger partial charge in [-0.1, -0.05) is 36.4 Å². The van der Waals surface area contributed by atoms with Gasteiger partial charge in [-0.15, -0.1) is 0 Å². The second-order valence-corrected chi connectivity index (χ2v) is 6.14. The minimum atomic E-state index is 1.25. The number of rotatable bonds is 2. The molecule has 0 bridgehead atoms. The quantitative estimate of drug-likeness (QED) is 0.572. The van der Waals surface area contributed by atoms with Crippen molar-refractivity contribution in [1.82, 2.24) is 0 Å². The Bertz CT molecular complexity index is 841. The van der Waals surface area contributed by atoms with Gasteiger partial charge in [-0.3, -0.25) is 0 Å². The topological polar surface area (TPSA) is 3.24 Å². The van der Waals surface area contributed by atoms with Crippen LogP contribution >= 0.6 is 0 Å². The zero-order chi connectivity index (χ0) is 15.9. The van der Waals surface area contributed by atoms with Crippen LogP contribution in [0, 0.1) is 27.7 Å². The van der Waals surface area contributed by atoms with Gasteiger partial charge in [-0.05, 0) is 67.5 Å². The molecule has 0 aliphatic rings. The molecule has 0 fully saturated rings. The molecule has 3 rings (SSSR count). The summed E-state index contributed by atoms with van der Waals surface area (Å²) in [5, 5.41) is 2.58. The van der Waals surface area contributed by atoms with Gasteiger partial charge in [0.15, 0.2) is 0 Å². The molecular weight excluding hydrogens is 266 g/mol. The number of aryl methyl sites for hydroxylation is 1. The van der Waals surface area contributed by atoms with Crippen LogP contribution in [0.3, 0.4) is 0 Å². The molecule has 3 aromatic rings. The highest BCUT2D eigenvalue weighted by atomic mass is 15.1. The van der Waals surface area contributed by atoms with E-state index in [1.54, 1.807) is 0 Å². The lowest BCUT2D eigenvalue weighted by molar-refractivity contribution is 1.14. The average molecular weight is 289 g/mol. The highest BCUT2D eigenvalue weighted by molar-refractivity contribution is 5.96. The van der Waals surface area contributed by atoms with Gasteiger partial charge in [-0.25, -0.2) is 0 Å². The fourth-order valence-corrected chi connectivity index (χ4v) is 3.17. The molecule has 1 nitrogen and oxygen atoms in total. The molecule has 0 N–H and O–H groups in total. The zero-order valence-corrected chi connectivity index (χ0v) is 14.1. The van der Waals surface area contributed by atoms with Gasteiger partial charge < -0.3 is 4.90 Å². The Morgan fingerprint density at radius 1 is 0.682 bits per heavy atom. The molecule has 0 saturated heterocycles. The fourth-order valence-electron chi connectivity index (χ4n) is 3.17. The van der Waals surface area contributed by atoms with Gasteiger partial charge in [0.1, 0.15) is 0 Å². The molecule has 3 aromatic carbocycles. The van der Waals surface area contributed by atoms with E-state index in [0.717, 1.165) is 0 Å². The van der Waals surface area contributed by atoms with Crippen molar-refractivity contribution in [2.75, 3.05) is 11.9 Å². The second-order valence-electron chi connectivity index (χ2n) is 6.14. The number of anilines is 2. The van der Waals surface area contributed by atoms with Crippen molar-refractivity contribution in [3.8, 4) is 0 Å². The van der Waals surface area contributed by atoms with E-state index in [2.05, 4.69) is 88.2 Å². The molecule has 1 heteroatoms. The zero-order valence-electron chi connectivity index (χ0n) is 14.1. The number of hydrogen-bond acceptors (Lipinski definition) is 1. The van der Waals surface area contributed by atoms with Crippen molar-refractivity contribution in [3.63, 3.8) is 0 Å². The maximum absolute atomic E-state index is 2.32. The summed E-state index contributed by atoms with van der Waals surface area (Å²) >= 11 is 0. The molecule has 112 valence electrons. The summed E-state index contributed by atoms with van der Waals surface area (Å²) in [7, 11) is 2.16. The lowest BCUT2D eigenvalue weighted by atomic mass is 9.97. The van der Waals surface area contributed by atoms with Crippen LogP contribution in [0.1, 0.15) is 22.3 Å². The highest BCUT2D eigenvalue weighted by Crippen LogP contribution is 2.35. The number of hydrogen-bond donors (Lipinski definition) is 0. The van der Waals surface area contributed by atoms with Crippen LogP contribution in [0.25, 0.3) is 10.8 Å². The Hall–Kier alpha value is -2.28. The Labute approximate surface area is 133 Å². The van der Waals surface area contributed by atoms with E-state index >= 15 is 0 Å². The van der Waals surface area contributed by atoms with E-state index < -0.39 is 0 Å². The van der Waals surface area contributed by atoms with Gasteiger partial charge in [0.05, 0.1) is 0 Å². The van der Waals surface area contributed by atoms with Crippen molar-refractivity contribution in [2.45, 2.75) is 27.7 Å². The second kappa shape index (κ2) is 5.49. The van der Waals surface area contributed by atoms with Crippen LogP contribution in [0.4, 0.5) is 11.4 Å². The Balaban J connectivity index is 2.21. The van der Waals surface area contributed by atoms with Crippen molar-refractivity contribution < 1.29 is 0 Å². The minimum absolute atomic E-state index is 1.25. The van der Waals surface area contributed by atoms with E-state index in [1.165, 1.54) is 44.4 Å². The van der Waals surface area contributed by atoms with Gasteiger partial charge in [0, 0.05) is 23.8 Å². The van der Waals surface area contributed by atoms with Crippen molar-refractivity contribution in [1.29, 1.82) is 0 Å². The van der Waals surface area contributed by atoms with E-state index in [-0.39, 0.29) is 0 Å². The summed E-state index contributed by atoms with van der Waals surface area (Å²) in [6.07, 6.45) is 0. The predicted molar refractivity (Wildman–Crippen MR) is 97.4 cm³/mol. The largest absolute Gasteiger partial charge is 0.344 e. The van der Waals surface area contributed by atoms with Crippen LogP contribution < -0.4 is 4.90 Å². The summed E-state index contributed by atoms with van der Waals surface area (Å²) < 4.78 is 0. The number of fused-ring (bicyclic) bond motifs is 1. The van der Waals surface area contributed by atoms with Crippen LogP contribution in [-0.4, -0.2) is 7.05 Å². The summed E-state index contributed by atoms with van der Waals surface area (Å²) in [6.45, 7) is 8.85. The monoisotopic (exact) mass is 289 g/mol.